The van der Waals surface area contributed by atoms with Crippen molar-refractivity contribution >= 4 is 22.6 Å². The number of anilines is 1. The van der Waals surface area contributed by atoms with Crippen molar-refractivity contribution in [2.75, 3.05) is 12.4 Å². The van der Waals surface area contributed by atoms with Gasteiger partial charge in [-0.15, -0.1) is 0 Å². The molecule has 0 aliphatic heterocycles. The van der Waals surface area contributed by atoms with Gasteiger partial charge in [-0.05, 0) is 6.42 Å². The number of ether oxygens (including phenoxy) is 1. The lowest BCUT2D eigenvalue weighted by molar-refractivity contribution is -0.138. The van der Waals surface area contributed by atoms with Gasteiger partial charge in [0.15, 0.2) is 5.82 Å². The summed E-state index contributed by atoms with van der Waals surface area (Å²) in [5.41, 5.74) is 0. The van der Waals surface area contributed by atoms with Crippen molar-refractivity contribution < 1.29 is 14.6 Å². The Hall–Kier alpha value is -1.21. The molecule has 7 heteroatoms. The average molecular weight is 245 g/mol. The zero-order valence-corrected chi connectivity index (χ0v) is 10.1. The van der Waals surface area contributed by atoms with E-state index >= 15 is 0 Å². The van der Waals surface area contributed by atoms with Gasteiger partial charge in [0.1, 0.15) is 12.6 Å². The van der Waals surface area contributed by atoms with Gasteiger partial charge in [0.25, 0.3) is 0 Å². The minimum atomic E-state index is -0.870. The monoisotopic (exact) mass is 245 g/mol. The molecule has 1 unspecified atom stereocenters. The van der Waals surface area contributed by atoms with E-state index < -0.39 is 12.0 Å². The van der Waals surface area contributed by atoms with Crippen LogP contribution in [0.2, 0.25) is 0 Å². The van der Waals surface area contributed by atoms with Gasteiger partial charge < -0.3 is 15.2 Å². The summed E-state index contributed by atoms with van der Waals surface area (Å²) in [6.07, 6.45) is 1.36. The summed E-state index contributed by atoms with van der Waals surface area (Å²) >= 11 is 1.15. The quantitative estimate of drug-likeness (QED) is 0.754. The van der Waals surface area contributed by atoms with Crippen LogP contribution in [0.5, 0.6) is 0 Å². The number of aromatic nitrogens is 2. The number of aliphatic carboxylic acids is 1. The van der Waals surface area contributed by atoms with Crippen LogP contribution < -0.4 is 5.32 Å². The fourth-order valence-corrected chi connectivity index (χ4v) is 1.82. The normalized spacial score (nSPS) is 12.4. The first-order valence-corrected chi connectivity index (χ1v) is 5.75. The SMILES string of the molecule is CCCC(Nc1nc(COC)ns1)C(=O)O. The van der Waals surface area contributed by atoms with E-state index in [-0.39, 0.29) is 0 Å². The molecular formula is C9H15N3O3S. The van der Waals surface area contributed by atoms with Crippen molar-refractivity contribution in [2.45, 2.75) is 32.4 Å². The van der Waals surface area contributed by atoms with E-state index in [0.29, 0.717) is 24.0 Å². The topological polar surface area (TPSA) is 84.3 Å². The molecule has 0 aliphatic carbocycles. The number of methoxy groups -OCH3 is 1. The number of nitrogens with one attached hydrogen (secondary N) is 1. The Bertz CT molecular complexity index is 342. The minimum Gasteiger partial charge on any atom is -0.480 e. The zero-order chi connectivity index (χ0) is 12.0. The number of carbonyl (C=O) groups is 1. The van der Waals surface area contributed by atoms with Crippen LogP contribution in [0.3, 0.4) is 0 Å². The predicted molar refractivity (Wildman–Crippen MR) is 60.6 cm³/mol. The maximum absolute atomic E-state index is 10.9. The van der Waals surface area contributed by atoms with Crippen LogP contribution in [0.25, 0.3) is 0 Å². The first-order valence-electron chi connectivity index (χ1n) is 4.98. The fourth-order valence-electron chi connectivity index (χ4n) is 1.20. The van der Waals surface area contributed by atoms with Gasteiger partial charge >= 0.3 is 5.97 Å². The van der Waals surface area contributed by atoms with Crippen LogP contribution in [-0.2, 0) is 16.1 Å². The van der Waals surface area contributed by atoms with Crippen LogP contribution in [0.1, 0.15) is 25.6 Å². The summed E-state index contributed by atoms with van der Waals surface area (Å²) in [4.78, 5) is 15.0. The van der Waals surface area contributed by atoms with Crippen molar-refractivity contribution in [3.05, 3.63) is 5.82 Å². The Labute approximate surface area is 97.8 Å². The average Bonchev–Trinajstić information content (AvgIpc) is 2.65. The highest BCUT2D eigenvalue weighted by molar-refractivity contribution is 7.09. The third kappa shape index (κ3) is 3.74. The van der Waals surface area contributed by atoms with Crippen LogP contribution in [0.4, 0.5) is 5.13 Å². The second-order valence-corrected chi connectivity index (χ2v) is 4.02. The van der Waals surface area contributed by atoms with Gasteiger partial charge in [-0.25, -0.2) is 9.78 Å². The maximum Gasteiger partial charge on any atom is 0.326 e. The van der Waals surface area contributed by atoms with E-state index in [9.17, 15) is 4.79 Å². The van der Waals surface area contributed by atoms with Gasteiger partial charge in [0.05, 0.1) is 0 Å². The van der Waals surface area contributed by atoms with E-state index in [0.717, 1.165) is 18.0 Å². The largest absolute Gasteiger partial charge is 0.480 e. The molecule has 0 bridgehead atoms. The van der Waals surface area contributed by atoms with Gasteiger partial charge in [-0.1, -0.05) is 13.3 Å². The number of rotatable bonds is 7. The van der Waals surface area contributed by atoms with Gasteiger partial charge in [0, 0.05) is 18.6 Å². The lowest BCUT2D eigenvalue weighted by atomic mass is 10.2. The summed E-state index contributed by atoms with van der Waals surface area (Å²) in [6.45, 7) is 2.28. The van der Waals surface area contributed by atoms with Crippen LogP contribution >= 0.6 is 11.5 Å². The highest BCUT2D eigenvalue weighted by atomic mass is 32.1. The smallest absolute Gasteiger partial charge is 0.326 e. The molecule has 0 amide bonds. The second-order valence-electron chi connectivity index (χ2n) is 3.27. The molecule has 1 rings (SSSR count). The highest BCUT2D eigenvalue weighted by Crippen LogP contribution is 2.14. The van der Waals surface area contributed by atoms with Crippen molar-refractivity contribution in [3.8, 4) is 0 Å². The molecule has 1 aromatic rings. The molecule has 0 radical (unpaired) electrons. The zero-order valence-electron chi connectivity index (χ0n) is 9.27. The molecule has 1 aromatic heterocycles. The Morgan fingerprint density at radius 3 is 3.00 bits per heavy atom. The van der Waals surface area contributed by atoms with Crippen molar-refractivity contribution in [1.29, 1.82) is 0 Å². The molecule has 90 valence electrons. The molecule has 1 heterocycles. The molecule has 2 N–H and O–H groups in total. The number of nitrogens with zero attached hydrogens (tertiary/aromatic N) is 2. The van der Waals surface area contributed by atoms with Gasteiger partial charge in [0.2, 0.25) is 5.13 Å². The molecule has 0 saturated carbocycles. The lowest BCUT2D eigenvalue weighted by Crippen LogP contribution is -2.28. The Morgan fingerprint density at radius 1 is 1.69 bits per heavy atom. The van der Waals surface area contributed by atoms with E-state index in [2.05, 4.69) is 14.7 Å². The molecule has 16 heavy (non-hydrogen) atoms. The lowest BCUT2D eigenvalue weighted by Gasteiger charge is -2.11. The Balaban J connectivity index is 2.58. The van der Waals surface area contributed by atoms with Crippen LogP contribution in [0, 0.1) is 0 Å². The molecule has 0 aliphatic rings. The van der Waals surface area contributed by atoms with E-state index in [1.54, 1.807) is 7.11 Å². The summed E-state index contributed by atoms with van der Waals surface area (Å²) in [7, 11) is 1.56. The minimum absolute atomic E-state index is 0.337. The molecule has 0 spiro atoms. The number of hydrogen-bond donors (Lipinski definition) is 2. The summed E-state index contributed by atoms with van der Waals surface area (Å²) in [5.74, 6) is -0.305. The summed E-state index contributed by atoms with van der Waals surface area (Å²) < 4.78 is 8.91. The highest BCUT2D eigenvalue weighted by Gasteiger charge is 2.17. The Kier molecular flexibility index (Phi) is 5.13. The number of carboxylic acids is 1. The molecule has 0 aromatic carbocycles. The first-order chi connectivity index (χ1) is 7.67. The fraction of sp³-hybridized carbons (Fsp3) is 0.667. The Morgan fingerprint density at radius 2 is 2.44 bits per heavy atom. The molecule has 0 fully saturated rings. The van der Waals surface area contributed by atoms with Crippen LogP contribution in [-0.4, -0.2) is 33.6 Å². The molecular weight excluding hydrogens is 230 g/mol. The molecule has 1 atom stereocenters. The first kappa shape index (κ1) is 12.9. The number of carboxylic acid groups (broad SMARTS) is 1. The predicted octanol–water partition coefficient (Wildman–Crippen LogP) is 1.35. The van der Waals surface area contributed by atoms with E-state index in [1.807, 2.05) is 6.92 Å². The van der Waals surface area contributed by atoms with E-state index in [1.165, 1.54) is 0 Å². The second kappa shape index (κ2) is 6.39. The van der Waals surface area contributed by atoms with E-state index in [4.69, 9.17) is 9.84 Å². The third-order valence-electron chi connectivity index (χ3n) is 1.91. The van der Waals surface area contributed by atoms with Crippen molar-refractivity contribution in [3.63, 3.8) is 0 Å². The maximum atomic E-state index is 10.9. The summed E-state index contributed by atoms with van der Waals surface area (Å²) in [5, 5.41) is 12.3. The van der Waals surface area contributed by atoms with Crippen molar-refractivity contribution in [2.24, 2.45) is 0 Å². The number of hydrogen-bond acceptors (Lipinski definition) is 6. The standard InChI is InChI=1S/C9H15N3O3S/c1-3-4-6(8(13)14)10-9-11-7(5-15-2)12-16-9/h6H,3-5H2,1-2H3,(H,13,14)(H,10,11,12). The van der Waals surface area contributed by atoms with Gasteiger partial charge in [-0.2, -0.15) is 4.37 Å². The molecule has 6 nitrogen and oxygen atoms in total. The third-order valence-corrected chi connectivity index (χ3v) is 2.60. The van der Waals surface area contributed by atoms with Crippen LogP contribution in [0.15, 0.2) is 0 Å². The summed E-state index contributed by atoms with van der Waals surface area (Å²) in [6, 6.07) is -0.603. The molecule has 0 saturated heterocycles. The van der Waals surface area contributed by atoms with Gasteiger partial charge in [-0.3, -0.25) is 0 Å². The van der Waals surface area contributed by atoms with Crippen molar-refractivity contribution in [1.82, 2.24) is 9.36 Å².